The highest BCUT2D eigenvalue weighted by molar-refractivity contribution is 7.98. The van der Waals surface area contributed by atoms with Crippen molar-refractivity contribution in [1.29, 1.82) is 0 Å². The van der Waals surface area contributed by atoms with Crippen LogP contribution in [0, 0.1) is 0 Å². The second kappa shape index (κ2) is 9.09. The van der Waals surface area contributed by atoms with E-state index in [4.69, 9.17) is 9.47 Å². The van der Waals surface area contributed by atoms with E-state index in [1.807, 2.05) is 54.8 Å². The molecule has 0 fully saturated rings. The number of benzene rings is 2. The van der Waals surface area contributed by atoms with Crippen molar-refractivity contribution in [3.8, 4) is 11.4 Å². The standard InChI is InChI=1S/C20H19N3O4S/c1-26-16-12-23(14-8-4-3-5-9-14)22-19(16)20(25)27-13-18(24)21-15-10-6-7-11-17(15)28-2/h3-12H,13H2,1-2H3,(H,21,24). The smallest absolute Gasteiger partial charge is 0.363 e. The van der Waals surface area contributed by atoms with Crippen molar-refractivity contribution in [1.82, 2.24) is 9.78 Å². The Morgan fingerprint density at radius 3 is 2.54 bits per heavy atom. The molecule has 0 unspecified atom stereocenters. The van der Waals surface area contributed by atoms with Crippen LogP contribution in [0.25, 0.3) is 5.69 Å². The lowest BCUT2D eigenvalue weighted by molar-refractivity contribution is -0.119. The number of methoxy groups -OCH3 is 1. The number of hydrogen-bond donors (Lipinski definition) is 1. The number of nitrogens with zero attached hydrogens (tertiary/aromatic N) is 2. The number of carbonyl (C=O) groups is 2. The number of ether oxygens (including phenoxy) is 2. The highest BCUT2D eigenvalue weighted by atomic mass is 32.2. The van der Waals surface area contributed by atoms with Crippen molar-refractivity contribution in [2.75, 3.05) is 25.3 Å². The van der Waals surface area contributed by atoms with Gasteiger partial charge in [-0.15, -0.1) is 11.8 Å². The molecule has 0 bridgehead atoms. The molecule has 1 aromatic heterocycles. The summed E-state index contributed by atoms with van der Waals surface area (Å²) in [5, 5.41) is 6.96. The van der Waals surface area contributed by atoms with Crippen LogP contribution in [0.3, 0.4) is 0 Å². The molecular formula is C20H19N3O4S. The first-order valence-electron chi connectivity index (χ1n) is 8.41. The molecule has 0 atom stereocenters. The summed E-state index contributed by atoms with van der Waals surface area (Å²) in [6, 6.07) is 16.7. The van der Waals surface area contributed by atoms with E-state index in [0.717, 1.165) is 10.6 Å². The number of nitrogens with one attached hydrogen (secondary N) is 1. The van der Waals surface area contributed by atoms with Gasteiger partial charge in [-0.2, -0.15) is 5.10 Å². The van der Waals surface area contributed by atoms with Crippen LogP contribution >= 0.6 is 11.8 Å². The van der Waals surface area contributed by atoms with Gasteiger partial charge in [-0.3, -0.25) is 4.79 Å². The molecule has 7 nitrogen and oxygen atoms in total. The highest BCUT2D eigenvalue weighted by Gasteiger charge is 2.21. The molecule has 0 aliphatic carbocycles. The lowest BCUT2D eigenvalue weighted by Crippen LogP contribution is -2.21. The van der Waals surface area contributed by atoms with Gasteiger partial charge < -0.3 is 14.8 Å². The maximum atomic E-state index is 12.4. The minimum Gasteiger partial charge on any atom is -0.493 e. The minimum atomic E-state index is -0.736. The predicted molar refractivity (Wildman–Crippen MR) is 107 cm³/mol. The van der Waals surface area contributed by atoms with Crippen molar-refractivity contribution >= 4 is 29.3 Å². The van der Waals surface area contributed by atoms with Gasteiger partial charge in [0.1, 0.15) is 0 Å². The lowest BCUT2D eigenvalue weighted by Gasteiger charge is -2.09. The fraction of sp³-hybridized carbons (Fsp3) is 0.150. The van der Waals surface area contributed by atoms with Crippen LogP contribution in [-0.2, 0) is 9.53 Å². The number of aromatic nitrogens is 2. The molecule has 0 aliphatic rings. The Balaban J connectivity index is 1.66. The van der Waals surface area contributed by atoms with Gasteiger partial charge in [-0.25, -0.2) is 9.48 Å². The van der Waals surface area contributed by atoms with Crippen LogP contribution in [0.4, 0.5) is 5.69 Å². The van der Waals surface area contributed by atoms with Crippen LogP contribution in [0.2, 0.25) is 0 Å². The molecule has 1 N–H and O–H groups in total. The number of hydrogen-bond acceptors (Lipinski definition) is 6. The molecule has 2 aromatic carbocycles. The summed E-state index contributed by atoms with van der Waals surface area (Å²) in [4.78, 5) is 25.5. The third kappa shape index (κ3) is 4.52. The van der Waals surface area contributed by atoms with E-state index in [-0.39, 0.29) is 11.4 Å². The summed E-state index contributed by atoms with van der Waals surface area (Å²) in [7, 11) is 1.44. The first-order chi connectivity index (χ1) is 13.6. The number of esters is 1. The summed E-state index contributed by atoms with van der Waals surface area (Å²) in [6.45, 7) is -0.428. The third-order valence-electron chi connectivity index (χ3n) is 3.83. The Morgan fingerprint density at radius 2 is 1.82 bits per heavy atom. The number of carbonyl (C=O) groups excluding carboxylic acids is 2. The van der Waals surface area contributed by atoms with Gasteiger partial charge in [0, 0.05) is 4.90 Å². The summed E-state index contributed by atoms with van der Waals surface area (Å²) < 4.78 is 11.8. The van der Waals surface area contributed by atoms with Gasteiger partial charge in [0.05, 0.1) is 24.7 Å². The second-order valence-electron chi connectivity index (χ2n) is 5.65. The Morgan fingerprint density at radius 1 is 1.11 bits per heavy atom. The number of amides is 1. The van der Waals surface area contributed by atoms with Gasteiger partial charge >= 0.3 is 5.97 Å². The summed E-state index contributed by atoms with van der Waals surface area (Å²) >= 11 is 1.51. The number of para-hydroxylation sites is 2. The van der Waals surface area contributed by atoms with Crippen molar-refractivity contribution in [3.63, 3.8) is 0 Å². The number of thioether (sulfide) groups is 1. The van der Waals surface area contributed by atoms with Crippen molar-refractivity contribution in [3.05, 3.63) is 66.5 Å². The minimum absolute atomic E-state index is 0.00340. The van der Waals surface area contributed by atoms with Crippen LogP contribution in [0.5, 0.6) is 5.75 Å². The lowest BCUT2D eigenvalue weighted by atomic mass is 10.3. The van der Waals surface area contributed by atoms with Gasteiger partial charge in [0.25, 0.3) is 5.91 Å². The zero-order valence-corrected chi connectivity index (χ0v) is 16.2. The van der Waals surface area contributed by atoms with Crippen molar-refractivity contribution in [2.45, 2.75) is 4.90 Å². The zero-order valence-electron chi connectivity index (χ0n) is 15.4. The van der Waals surface area contributed by atoms with Crippen LogP contribution in [0.15, 0.2) is 65.7 Å². The van der Waals surface area contributed by atoms with Gasteiger partial charge in [-0.1, -0.05) is 30.3 Å². The predicted octanol–water partition coefficient (Wildman–Crippen LogP) is 3.40. The van der Waals surface area contributed by atoms with Gasteiger partial charge in [0.2, 0.25) is 5.69 Å². The van der Waals surface area contributed by atoms with Gasteiger partial charge in [-0.05, 0) is 30.5 Å². The largest absolute Gasteiger partial charge is 0.493 e. The molecule has 144 valence electrons. The molecule has 3 rings (SSSR count). The molecule has 1 heterocycles. The van der Waals surface area contributed by atoms with E-state index in [0.29, 0.717) is 5.69 Å². The number of rotatable bonds is 7. The fourth-order valence-electron chi connectivity index (χ4n) is 2.50. The normalized spacial score (nSPS) is 10.4. The summed E-state index contributed by atoms with van der Waals surface area (Å²) in [5.74, 6) is -0.905. The fourth-order valence-corrected chi connectivity index (χ4v) is 3.05. The maximum absolute atomic E-state index is 12.4. The van der Waals surface area contributed by atoms with Crippen LogP contribution in [0.1, 0.15) is 10.5 Å². The van der Waals surface area contributed by atoms with E-state index < -0.39 is 18.5 Å². The van der Waals surface area contributed by atoms with Crippen LogP contribution in [-0.4, -0.2) is 41.6 Å². The maximum Gasteiger partial charge on any atom is 0.363 e. The average Bonchev–Trinajstić information content (AvgIpc) is 3.18. The highest BCUT2D eigenvalue weighted by Crippen LogP contribution is 2.24. The van der Waals surface area contributed by atoms with Crippen molar-refractivity contribution in [2.24, 2.45) is 0 Å². The SMILES string of the molecule is COc1cn(-c2ccccc2)nc1C(=O)OCC(=O)Nc1ccccc1SC. The Labute approximate surface area is 166 Å². The van der Waals surface area contributed by atoms with Crippen LogP contribution < -0.4 is 10.1 Å². The molecule has 0 aliphatic heterocycles. The van der Waals surface area contributed by atoms with E-state index in [1.54, 1.807) is 12.3 Å². The summed E-state index contributed by atoms with van der Waals surface area (Å²) in [6.07, 6.45) is 3.50. The number of anilines is 1. The van der Waals surface area contributed by atoms with E-state index in [1.165, 1.54) is 23.6 Å². The first-order valence-corrected chi connectivity index (χ1v) is 9.64. The summed E-state index contributed by atoms with van der Waals surface area (Å²) in [5.41, 5.74) is 1.44. The van der Waals surface area contributed by atoms with Crippen molar-refractivity contribution < 1.29 is 19.1 Å². The van der Waals surface area contributed by atoms with E-state index in [2.05, 4.69) is 10.4 Å². The average molecular weight is 397 g/mol. The molecule has 3 aromatic rings. The molecular weight excluding hydrogens is 378 g/mol. The molecule has 28 heavy (non-hydrogen) atoms. The first kappa shape index (κ1) is 19.5. The second-order valence-corrected chi connectivity index (χ2v) is 6.50. The zero-order chi connectivity index (χ0) is 19.9. The molecule has 0 saturated carbocycles. The van der Waals surface area contributed by atoms with Gasteiger partial charge in [0.15, 0.2) is 12.4 Å². The van der Waals surface area contributed by atoms with E-state index in [9.17, 15) is 9.59 Å². The Kier molecular flexibility index (Phi) is 6.33. The molecule has 1 amide bonds. The molecule has 0 saturated heterocycles. The molecule has 8 heteroatoms. The topological polar surface area (TPSA) is 82.5 Å². The Hall–Kier alpha value is -3.26. The monoisotopic (exact) mass is 397 g/mol. The Bertz CT molecular complexity index is 973. The quantitative estimate of drug-likeness (QED) is 0.486. The van der Waals surface area contributed by atoms with E-state index >= 15 is 0 Å². The molecule has 0 radical (unpaired) electrons. The third-order valence-corrected chi connectivity index (χ3v) is 4.63. The molecule has 0 spiro atoms.